The molecule has 0 heterocycles. The Balaban J connectivity index is 1.46. The number of rotatable bonds is 3. The number of hydrogen-bond donors (Lipinski definition) is 1. The molecule has 4 atom stereocenters. The Labute approximate surface area is 116 Å². The lowest BCUT2D eigenvalue weighted by Gasteiger charge is -2.09. The summed E-state index contributed by atoms with van der Waals surface area (Å²) in [4.78, 5) is 22.6. The summed E-state index contributed by atoms with van der Waals surface area (Å²) in [6.45, 7) is 0. The molecule has 0 spiro atoms. The van der Waals surface area contributed by atoms with E-state index in [0.29, 0.717) is 17.5 Å². The van der Waals surface area contributed by atoms with Crippen LogP contribution in [0.25, 0.3) is 0 Å². The first-order valence-corrected chi connectivity index (χ1v) is 7.20. The van der Waals surface area contributed by atoms with E-state index >= 15 is 0 Å². The number of carbonyl (C=O) groups excluding carboxylic acids is 1. The quantitative estimate of drug-likeness (QED) is 0.679. The molecule has 3 aliphatic carbocycles. The molecule has 3 fully saturated rings. The predicted octanol–water partition coefficient (Wildman–Crippen LogP) is 2.83. The minimum atomic E-state index is -0.443. The molecule has 1 N–H and O–H groups in total. The molecule has 0 aromatic heterocycles. The maximum Gasteiger partial charge on any atom is 0.271 e. The number of hydrogen-bond acceptors (Lipinski definition) is 3. The highest BCUT2D eigenvalue weighted by Crippen LogP contribution is 2.69. The molecule has 3 aliphatic rings. The third-order valence-corrected chi connectivity index (χ3v) is 5.36. The minimum Gasteiger partial charge on any atom is -0.326 e. The largest absolute Gasteiger partial charge is 0.326 e. The van der Waals surface area contributed by atoms with Crippen LogP contribution >= 0.6 is 0 Å². The molecule has 2 bridgehead atoms. The second-order valence-corrected chi connectivity index (χ2v) is 6.31. The van der Waals surface area contributed by atoms with E-state index in [0.717, 1.165) is 11.8 Å². The van der Waals surface area contributed by atoms with E-state index in [1.807, 2.05) is 0 Å². The number of nitro benzene ring substituents is 1. The molecule has 104 valence electrons. The van der Waals surface area contributed by atoms with Crippen LogP contribution in [0.2, 0.25) is 0 Å². The highest BCUT2D eigenvalue weighted by Gasteiger charge is 2.67. The fourth-order valence-electron chi connectivity index (χ4n) is 4.60. The molecule has 1 aromatic rings. The van der Waals surface area contributed by atoms with Crippen LogP contribution < -0.4 is 5.32 Å². The van der Waals surface area contributed by atoms with Crippen LogP contribution in [0, 0.1) is 39.7 Å². The SMILES string of the molecule is O=C(Nc1cccc([N+](=O)[O-])c1)C1[C@H]2[C@@H]3CC[C@H](C3)[C@H]12. The molecule has 1 amide bonds. The lowest BCUT2D eigenvalue weighted by atomic mass is 10.0. The number of benzene rings is 1. The summed E-state index contributed by atoms with van der Waals surface area (Å²) in [6.07, 6.45) is 3.88. The molecule has 5 nitrogen and oxygen atoms in total. The van der Waals surface area contributed by atoms with Crippen molar-refractivity contribution in [3.8, 4) is 0 Å². The zero-order chi connectivity index (χ0) is 13.9. The summed E-state index contributed by atoms with van der Waals surface area (Å²) >= 11 is 0. The number of nitro groups is 1. The van der Waals surface area contributed by atoms with Crippen molar-refractivity contribution in [2.75, 3.05) is 5.32 Å². The molecule has 0 saturated heterocycles. The van der Waals surface area contributed by atoms with Gasteiger partial charge in [-0.2, -0.15) is 0 Å². The summed E-state index contributed by atoms with van der Waals surface area (Å²) < 4.78 is 0. The van der Waals surface area contributed by atoms with E-state index in [2.05, 4.69) is 5.32 Å². The number of anilines is 1. The van der Waals surface area contributed by atoms with E-state index in [-0.39, 0.29) is 17.5 Å². The van der Waals surface area contributed by atoms with Gasteiger partial charge in [0.15, 0.2) is 0 Å². The number of non-ortho nitro benzene ring substituents is 1. The van der Waals surface area contributed by atoms with Gasteiger partial charge in [-0.1, -0.05) is 6.07 Å². The summed E-state index contributed by atoms with van der Waals surface area (Å²) in [5.41, 5.74) is 0.542. The van der Waals surface area contributed by atoms with Crippen molar-refractivity contribution in [1.29, 1.82) is 0 Å². The van der Waals surface area contributed by atoms with Crippen molar-refractivity contribution in [1.82, 2.24) is 0 Å². The molecule has 0 aliphatic heterocycles. The van der Waals surface area contributed by atoms with Gasteiger partial charge < -0.3 is 5.32 Å². The van der Waals surface area contributed by atoms with Gasteiger partial charge in [0.2, 0.25) is 5.91 Å². The van der Waals surface area contributed by atoms with Gasteiger partial charge in [0.05, 0.1) is 4.92 Å². The van der Waals surface area contributed by atoms with Crippen molar-refractivity contribution in [3.05, 3.63) is 34.4 Å². The first-order valence-electron chi connectivity index (χ1n) is 7.20. The van der Waals surface area contributed by atoms with Crippen LogP contribution in [0.5, 0.6) is 0 Å². The van der Waals surface area contributed by atoms with Gasteiger partial charge >= 0.3 is 0 Å². The van der Waals surface area contributed by atoms with Crippen molar-refractivity contribution in [2.24, 2.45) is 29.6 Å². The Morgan fingerprint density at radius 3 is 2.60 bits per heavy atom. The van der Waals surface area contributed by atoms with E-state index in [4.69, 9.17) is 0 Å². The maximum atomic E-state index is 12.3. The van der Waals surface area contributed by atoms with Crippen molar-refractivity contribution in [2.45, 2.75) is 19.3 Å². The molecule has 0 radical (unpaired) electrons. The molecular formula is C15H16N2O3. The monoisotopic (exact) mass is 272 g/mol. The van der Waals surface area contributed by atoms with Gasteiger partial charge in [-0.05, 0) is 49.0 Å². The van der Waals surface area contributed by atoms with Crippen LogP contribution in [0.15, 0.2) is 24.3 Å². The molecule has 4 rings (SSSR count). The average molecular weight is 272 g/mol. The van der Waals surface area contributed by atoms with Gasteiger partial charge in [0, 0.05) is 23.7 Å². The highest BCUT2D eigenvalue weighted by atomic mass is 16.6. The summed E-state index contributed by atoms with van der Waals surface area (Å²) in [5.74, 6) is 2.90. The van der Waals surface area contributed by atoms with Gasteiger partial charge in [-0.15, -0.1) is 0 Å². The zero-order valence-corrected chi connectivity index (χ0v) is 11.0. The maximum absolute atomic E-state index is 12.3. The van der Waals surface area contributed by atoms with E-state index in [9.17, 15) is 14.9 Å². The lowest BCUT2D eigenvalue weighted by Crippen LogP contribution is -2.18. The predicted molar refractivity (Wildman–Crippen MR) is 73.0 cm³/mol. The first-order chi connectivity index (χ1) is 9.65. The molecular weight excluding hydrogens is 256 g/mol. The minimum absolute atomic E-state index is 0.0128. The molecule has 5 heteroatoms. The molecule has 3 saturated carbocycles. The highest BCUT2D eigenvalue weighted by molar-refractivity contribution is 5.95. The first kappa shape index (κ1) is 11.9. The average Bonchev–Trinajstić information content (AvgIpc) is 2.88. The number of fused-ring (bicyclic) bond motifs is 5. The number of nitrogens with zero attached hydrogens (tertiary/aromatic N) is 1. The molecule has 0 unspecified atom stereocenters. The Morgan fingerprint density at radius 1 is 1.25 bits per heavy atom. The Hall–Kier alpha value is -1.91. The number of carbonyl (C=O) groups is 1. The number of nitrogens with one attached hydrogen (secondary N) is 1. The van der Waals surface area contributed by atoms with Crippen molar-refractivity contribution < 1.29 is 9.72 Å². The Bertz CT molecular complexity index is 585. The number of amides is 1. The van der Waals surface area contributed by atoms with Crippen LogP contribution in [0.4, 0.5) is 11.4 Å². The normalized spacial score (nSPS) is 36.5. The molecule has 1 aromatic carbocycles. The van der Waals surface area contributed by atoms with Crippen LogP contribution in [0.3, 0.4) is 0 Å². The third kappa shape index (κ3) is 1.65. The van der Waals surface area contributed by atoms with Gasteiger partial charge in [-0.25, -0.2) is 0 Å². The van der Waals surface area contributed by atoms with Crippen molar-refractivity contribution in [3.63, 3.8) is 0 Å². The second-order valence-electron chi connectivity index (χ2n) is 6.31. The Morgan fingerprint density at radius 2 is 1.95 bits per heavy atom. The summed E-state index contributed by atoms with van der Waals surface area (Å²) in [5, 5.41) is 13.6. The summed E-state index contributed by atoms with van der Waals surface area (Å²) in [6, 6.07) is 6.16. The van der Waals surface area contributed by atoms with Gasteiger partial charge in [0.1, 0.15) is 0 Å². The zero-order valence-electron chi connectivity index (χ0n) is 11.0. The van der Waals surface area contributed by atoms with Gasteiger partial charge in [0.25, 0.3) is 5.69 Å². The van der Waals surface area contributed by atoms with Crippen LogP contribution in [-0.2, 0) is 4.79 Å². The van der Waals surface area contributed by atoms with E-state index < -0.39 is 4.92 Å². The lowest BCUT2D eigenvalue weighted by molar-refractivity contribution is -0.384. The fraction of sp³-hybridized carbons (Fsp3) is 0.533. The standard InChI is InChI=1S/C15H16N2O3/c18-15(14-12-8-4-5-9(6-8)13(12)14)16-10-2-1-3-11(7-10)17(19)20/h1-3,7-9,12-14H,4-6H2,(H,16,18)/t8-,9-,12+,13+/m1/s1. The summed E-state index contributed by atoms with van der Waals surface area (Å²) in [7, 11) is 0. The van der Waals surface area contributed by atoms with Gasteiger partial charge in [-0.3, -0.25) is 14.9 Å². The fourth-order valence-corrected chi connectivity index (χ4v) is 4.60. The van der Waals surface area contributed by atoms with Crippen LogP contribution in [0.1, 0.15) is 19.3 Å². The topological polar surface area (TPSA) is 72.2 Å². The van der Waals surface area contributed by atoms with Crippen molar-refractivity contribution >= 4 is 17.3 Å². The Kier molecular flexibility index (Phi) is 2.40. The van der Waals surface area contributed by atoms with E-state index in [1.165, 1.54) is 31.4 Å². The van der Waals surface area contributed by atoms with Crippen LogP contribution in [-0.4, -0.2) is 10.8 Å². The smallest absolute Gasteiger partial charge is 0.271 e. The van der Waals surface area contributed by atoms with E-state index in [1.54, 1.807) is 12.1 Å². The second kappa shape index (κ2) is 4.04. The third-order valence-electron chi connectivity index (χ3n) is 5.36. The molecule has 20 heavy (non-hydrogen) atoms.